The molecule has 3 nitrogen and oxygen atoms in total. The Kier molecular flexibility index (Phi) is 4.17. The maximum Gasteiger partial charge on any atom is 0.124 e. The number of aryl methyl sites for hydroxylation is 2. The first-order valence-electron chi connectivity index (χ1n) is 6.34. The van der Waals surface area contributed by atoms with E-state index < -0.39 is 6.10 Å². The highest BCUT2D eigenvalue weighted by atomic mass is 16.5. The molecule has 0 aliphatic heterocycles. The summed E-state index contributed by atoms with van der Waals surface area (Å²) in [5.74, 6) is 0.713. The van der Waals surface area contributed by atoms with Gasteiger partial charge in [-0.2, -0.15) is 0 Å². The van der Waals surface area contributed by atoms with Gasteiger partial charge in [-0.05, 0) is 37.6 Å². The number of methoxy groups -OCH3 is 1. The molecule has 0 fully saturated rings. The van der Waals surface area contributed by atoms with Gasteiger partial charge in [0.1, 0.15) is 5.75 Å². The second-order valence-corrected chi connectivity index (χ2v) is 4.79. The number of hydrogen-bond donors (Lipinski definition) is 1. The van der Waals surface area contributed by atoms with Gasteiger partial charge in [-0.3, -0.25) is 4.98 Å². The zero-order valence-electron chi connectivity index (χ0n) is 11.6. The van der Waals surface area contributed by atoms with Crippen LogP contribution in [-0.4, -0.2) is 17.2 Å². The Bertz CT molecular complexity index is 549. The number of ether oxygens (including phenoxy) is 1. The summed E-state index contributed by atoms with van der Waals surface area (Å²) in [6.45, 7) is 4.00. The van der Waals surface area contributed by atoms with E-state index in [1.54, 1.807) is 7.11 Å². The van der Waals surface area contributed by atoms with Crippen molar-refractivity contribution in [3.63, 3.8) is 0 Å². The third-order valence-corrected chi connectivity index (χ3v) is 3.12. The zero-order chi connectivity index (χ0) is 13.8. The summed E-state index contributed by atoms with van der Waals surface area (Å²) in [4.78, 5) is 4.32. The largest absolute Gasteiger partial charge is 0.496 e. The average Bonchev–Trinajstić information content (AvgIpc) is 2.41. The number of hydrogen-bond acceptors (Lipinski definition) is 3. The molecule has 100 valence electrons. The Hall–Kier alpha value is -1.87. The van der Waals surface area contributed by atoms with E-state index in [2.05, 4.69) is 4.98 Å². The maximum absolute atomic E-state index is 10.4. The van der Waals surface area contributed by atoms with Crippen molar-refractivity contribution < 1.29 is 9.84 Å². The van der Waals surface area contributed by atoms with Crippen molar-refractivity contribution in [2.75, 3.05) is 7.11 Å². The lowest BCUT2D eigenvalue weighted by Crippen LogP contribution is -2.05. The van der Waals surface area contributed by atoms with E-state index in [0.29, 0.717) is 12.2 Å². The highest BCUT2D eigenvalue weighted by Gasteiger charge is 2.14. The van der Waals surface area contributed by atoms with Gasteiger partial charge in [0.05, 0.1) is 13.2 Å². The second-order valence-electron chi connectivity index (χ2n) is 4.79. The summed E-state index contributed by atoms with van der Waals surface area (Å²) in [6, 6.07) is 9.76. The Balaban J connectivity index is 2.21. The van der Waals surface area contributed by atoms with E-state index in [1.165, 1.54) is 0 Å². The molecule has 19 heavy (non-hydrogen) atoms. The van der Waals surface area contributed by atoms with E-state index in [4.69, 9.17) is 4.74 Å². The minimum Gasteiger partial charge on any atom is -0.496 e. The van der Waals surface area contributed by atoms with Crippen molar-refractivity contribution in [3.05, 3.63) is 58.9 Å². The fourth-order valence-corrected chi connectivity index (χ4v) is 2.04. The standard InChI is InChI=1S/C16H19NO2/c1-11-5-7-16(19-3)14(8-11)15(18)9-13-6-4-12(2)10-17-13/h4-8,10,15,18H,9H2,1-3H3. The number of pyridine rings is 1. The SMILES string of the molecule is COc1ccc(C)cc1C(O)Cc1ccc(C)cn1. The van der Waals surface area contributed by atoms with Crippen molar-refractivity contribution >= 4 is 0 Å². The third kappa shape index (κ3) is 3.32. The van der Waals surface area contributed by atoms with Crippen LogP contribution in [0.15, 0.2) is 36.5 Å². The Labute approximate surface area is 113 Å². The Morgan fingerprint density at radius 2 is 1.89 bits per heavy atom. The predicted octanol–water partition coefficient (Wildman–Crippen LogP) is 2.98. The first-order valence-corrected chi connectivity index (χ1v) is 6.34. The smallest absolute Gasteiger partial charge is 0.124 e. The van der Waals surface area contributed by atoms with E-state index in [9.17, 15) is 5.11 Å². The Morgan fingerprint density at radius 3 is 2.53 bits per heavy atom. The molecule has 0 spiro atoms. The number of aromatic nitrogens is 1. The highest BCUT2D eigenvalue weighted by molar-refractivity contribution is 5.38. The molecular formula is C16H19NO2. The number of rotatable bonds is 4. The van der Waals surface area contributed by atoms with Crippen LogP contribution < -0.4 is 4.74 Å². The van der Waals surface area contributed by atoms with Gasteiger partial charge in [-0.1, -0.05) is 17.7 Å². The maximum atomic E-state index is 10.4. The summed E-state index contributed by atoms with van der Waals surface area (Å²) in [6.07, 6.45) is 1.69. The van der Waals surface area contributed by atoms with Crippen LogP contribution >= 0.6 is 0 Å². The van der Waals surface area contributed by atoms with Crippen LogP contribution in [0.4, 0.5) is 0 Å². The molecule has 1 aromatic carbocycles. The van der Waals surface area contributed by atoms with Gasteiger partial charge in [-0.15, -0.1) is 0 Å². The first-order chi connectivity index (χ1) is 9.10. The highest BCUT2D eigenvalue weighted by Crippen LogP contribution is 2.28. The van der Waals surface area contributed by atoms with E-state index in [1.807, 2.05) is 50.4 Å². The summed E-state index contributed by atoms with van der Waals surface area (Å²) < 4.78 is 5.30. The predicted molar refractivity (Wildman–Crippen MR) is 75.4 cm³/mol. The molecule has 0 radical (unpaired) electrons. The molecule has 1 heterocycles. The molecule has 2 aromatic rings. The number of aliphatic hydroxyl groups excluding tert-OH is 1. The molecular weight excluding hydrogens is 238 g/mol. The summed E-state index contributed by atoms with van der Waals surface area (Å²) in [5.41, 5.74) is 3.91. The fraction of sp³-hybridized carbons (Fsp3) is 0.312. The molecule has 1 unspecified atom stereocenters. The molecule has 2 rings (SSSR count). The van der Waals surface area contributed by atoms with Crippen LogP contribution in [0.1, 0.15) is 28.5 Å². The van der Waals surface area contributed by atoms with Gasteiger partial charge in [-0.25, -0.2) is 0 Å². The van der Waals surface area contributed by atoms with Gasteiger partial charge >= 0.3 is 0 Å². The molecule has 0 amide bonds. The molecule has 0 bridgehead atoms. The van der Waals surface area contributed by atoms with Crippen LogP contribution in [0, 0.1) is 13.8 Å². The lowest BCUT2D eigenvalue weighted by Gasteiger charge is -2.15. The monoisotopic (exact) mass is 257 g/mol. The van der Waals surface area contributed by atoms with Crippen molar-refractivity contribution in [2.45, 2.75) is 26.4 Å². The third-order valence-electron chi connectivity index (χ3n) is 3.12. The fourth-order valence-electron chi connectivity index (χ4n) is 2.04. The second kappa shape index (κ2) is 5.85. The van der Waals surface area contributed by atoms with Crippen LogP contribution in [0.2, 0.25) is 0 Å². The lowest BCUT2D eigenvalue weighted by molar-refractivity contribution is 0.172. The molecule has 1 N–H and O–H groups in total. The zero-order valence-corrected chi connectivity index (χ0v) is 11.6. The van der Waals surface area contributed by atoms with E-state index in [-0.39, 0.29) is 0 Å². The Morgan fingerprint density at radius 1 is 1.16 bits per heavy atom. The average molecular weight is 257 g/mol. The van der Waals surface area contributed by atoms with E-state index >= 15 is 0 Å². The molecule has 1 atom stereocenters. The molecule has 0 saturated carbocycles. The number of benzene rings is 1. The van der Waals surface area contributed by atoms with Gasteiger partial charge < -0.3 is 9.84 Å². The molecule has 1 aromatic heterocycles. The minimum atomic E-state index is -0.606. The van der Waals surface area contributed by atoms with Gasteiger partial charge in [0.25, 0.3) is 0 Å². The summed E-state index contributed by atoms with van der Waals surface area (Å²) in [7, 11) is 1.62. The molecule has 0 saturated heterocycles. The minimum absolute atomic E-state index is 0.486. The van der Waals surface area contributed by atoms with Crippen molar-refractivity contribution in [2.24, 2.45) is 0 Å². The number of nitrogens with zero attached hydrogens (tertiary/aromatic N) is 1. The molecule has 0 aliphatic carbocycles. The van der Waals surface area contributed by atoms with Gasteiger partial charge in [0.15, 0.2) is 0 Å². The van der Waals surface area contributed by atoms with Crippen LogP contribution in [0.5, 0.6) is 5.75 Å². The van der Waals surface area contributed by atoms with Crippen molar-refractivity contribution in [1.29, 1.82) is 0 Å². The summed E-state index contributed by atoms with van der Waals surface area (Å²) >= 11 is 0. The van der Waals surface area contributed by atoms with Crippen LogP contribution in [-0.2, 0) is 6.42 Å². The van der Waals surface area contributed by atoms with Gasteiger partial charge in [0, 0.05) is 23.9 Å². The first kappa shape index (κ1) is 13.6. The van der Waals surface area contributed by atoms with Gasteiger partial charge in [0.2, 0.25) is 0 Å². The molecule has 3 heteroatoms. The quantitative estimate of drug-likeness (QED) is 0.915. The van der Waals surface area contributed by atoms with E-state index in [0.717, 1.165) is 22.4 Å². The van der Waals surface area contributed by atoms with Crippen molar-refractivity contribution in [3.8, 4) is 5.75 Å². The van der Waals surface area contributed by atoms with Crippen LogP contribution in [0.25, 0.3) is 0 Å². The van der Waals surface area contributed by atoms with Crippen LogP contribution in [0.3, 0.4) is 0 Å². The molecule has 0 aliphatic rings. The topological polar surface area (TPSA) is 42.4 Å². The van der Waals surface area contributed by atoms with Crippen molar-refractivity contribution in [1.82, 2.24) is 4.98 Å². The summed E-state index contributed by atoms with van der Waals surface area (Å²) in [5, 5.41) is 10.4. The number of aliphatic hydroxyl groups is 1. The lowest BCUT2D eigenvalue weighted by atomic mass is 10.0. The normalized spacial score (nSPS) is 12.2.